The van der Waals surface area contributed by atoms with Crippen molar-refractivity contribution in [1.29, 1.82) is 0 Å². The predicted molar refractivity (Wildman–Crippen MR) is 110 cm³/mol. The Labute approximate surface area is 180 Å². The summed E-state index contributed by atoms with van der Waals surface area (Å²) in [6.07, 6.45) is 0. The number of aromatic nitrogens is 4. The smallest absolute Gasteiger partial charge is 0.331 e. The highest BCUT2D eigenvalue weighted by molar-refractivity contribution is 5.91. The zero-order valence-electron chi connectivity index (χ0n) is 16.9. The van der Waals surface area contributed by atoms with Gasteiger partial charge in [-0.05, 0) is 48.9 Å². The highest BCUT2D eigenvalue weighted by atomic mass is 19.3. The average molecular weight is 441 g/mol. The topological polar surface area (TPSA) is 96.0 Å². The second kappa shape index (κ2) is 7.28. The molecule has 1 aliphatic rings. The van der Waals surface area contributed by atoms with Gasteiger partial charge in [-0.2, -0.15) is 13.9 Å². The number of hydrogen-bond acceptors (Lipinski definition) is 6. The molecule has 32 heavy (non-hydrogen) atoms. The van der Waals surface area contributed by atoms with Crippen molar-refractivity contribution in [2.24, 2.45) is 0 Å². The van der Waals surface area contributed by atoms with E-state index in [0.717, 1.165) is 30.0 Å². The van der Waals surface area contributed by atoms with Gasteiger partial charge in [0.25, 0.3) is 0 Å². The quantitative estimate of drug-likeness (QED) is 0.435. The molecule has 4 aromatic rings. The van der Waals surface area contributed by atoms with Crippen molar-refractivity contribution in [1.82, 2.24) is 20.2 Å². The molecule has 10 heteroatoms. The van der Waals surface area contributed by atoms with Gasteiger partial charge in [0.05, 0.1) is 18.7 Å². The van der Waals surface area contributed by atoms with Crippen molar-refractivity contribution in [3.05, 3.63) is 77.0 Å². The van der Waals surface area contributed by atoms with Crippen LogP contribution in [-0.2, 0) is 16.3 Å². The third-order valence-corrected chi connectivity index (χ3v) is 5.36. The molecule has 0 saturated carbocycles. The van der Waals surface area contributed by atoms with Gasteiger partial charge < -0.3 is 15.2 Å². The summed E-state index contributed by atoms with van der Waals surface area (Å²) in [4.78, 5) is 8.21. The molecule has 2 aromatic heterocycles. The first kappa shape index (κ1) is 20.4. The third kappa shape index (κ3) is 3.47. The molecule has 0 amide bonds. The maximum Gasteiger partial charge on any atom is 0.331 e. The summed E-state index contributed by atoms with van der Waals surface area (Å²) in [6.45, 7) is 2.03. The fraction of sp³-hybridized carbons (Fsp3) is 0.227. The number of aromatic amines is 1. The Morgan fingerprint density at radius 2 is 1.84 bits per heavy atom. The fourth-order valence-electron chi connectivity index (χ4n) is 3.51. The summed E-state index contributed by atoms with van der Waals surface area (Å²) in [6, 6.07) is 10.5. The molecule has 0 unspecified atom stereocenters. The van der Waals surface area contributed by atoms with Gasteiger partial charge in [0.2, 0.25) is 5.82 Å². The van der Waals surface area contributed by atoms with Crippen LogP contribution < -0.4 is 5.32 Å². The maximum absolute atomic E-state index is 15.3. The highest BCUT2D eigenvalue weighted by Crippen LogP contribution is 2.37. The Hall–Kier alpha value is -3.50. The van der Waals surface area contributed by atoms with E-state index in [4.69, 9.17) is 4.74 Å². The monoisotopic (exact) mass is 441 g/mol. The second-order valence-corrected chi connectivity index (χ2v) is 7.79. The number of nitrogens with zero attached hydrogens (tertiary/aromatic N) is 3. The lowest BCUT2D eigenvalue weighted by molar-refractivity contribution is -0.184. The first-order chi connectivity index (χ1) is 15.2. The molecule has 3 N–H and O–H groups in total. The molecule has 7 nitrogen and oxygen atoms in total. The van der Waals surface area contributed by atoms with Gasteiger partial charge in [0.15, 0.2) is 5.82 Å². The van der Waals surface area contributed by atoms with E-state index in [2.05, 4.69) is 25.5 Å². The molecule has 1 saturated heterocycles. The number of benzene rings is 2. The molecule has 0 radical (unpaired) electrons. The molecule has 5 rings (SSSR count). The van der Waals surface area contributed by atoms with E-state index in [1.165, 1.54) is 0 Å². The van der Waals surface area contributed by atoms with Crippen molar-refractivity contribution in [2.75, 3.05) is 18.5 Å². The van der Waals surface area contributed by atoms with Crippen LogP contribution in [0.25, 0.3) is 10.9 Å². The van der Waals surface area contributed by atoms with Gasteiger partial charge in [-0.3, -0.25) is 5.10 Å². The molecule has 0 aliphatic carbocycles. The standard InChI is InChI=1S/C22H18F3N5O2/c1-12-8-18(30-29-12)27-19-16-7-4-14(21(31)10-32-11-21)9-17(16)26-20(28-19)22(24,25)13-2-5-15(23)6-3-13/h2-9,31H,10-11H2,1H3,(H2,26,27,28,29,30). The molecule has 2 aromatic carbocycles. The van der Waals surface area contributed by atoms with Crippen LogP contribution >= 0.6 is 0 Å². The van der Waals surface area contributed by atoms with Gasteiger partial charge in [0, 0.05) is 22.7 Å². The molecule has 3 heterocycles. The normalized spacial score (nSPS) is 15.5. The minimum Gasteiger partial charge on any atom is -0.380 e. The molecular weight excluding hydrogens is 423 g/mol. The van der Waals surface area contributed by atoms with E-state index in [0.29, 0.717) is 16.8 Å². The number of hydrogen-bond donors (Lipinski definition) is 3. The number of halogens is 3. The van der Waals surface area contributed by atoms with Crippen LogP contribution in [0.1, 0.15) is 22.6 Å². The van der Waals surface area contributed by atoms with E-state index < -0.39 is 28.7 Å². The molecule has 1 aliphatic heterocycles. The summed E-state index contributed by atoms with van der Waals surface area (Å²) in [5.41, 5.74) is -0.137. The molecule has 0 bridgehead atoms. The van der Waals surface area contributed by atoms with Crippen molar-refractivity contribution in [3.8, 4) is 0 Å². The van der Waals surface area contributed by atoms with Crippen molar-refractivity contribution >= 4 is 22.5 Å². The van der Waals surface area contributed by atoms with E-state index in [9.17, 15) is 9.50 Å². The van der Waals surface area contributed by atoms with E-state index in [1.54, 1.807) is 31.2 Å². The number of anilines is 2. The van der Waals surface area contributed by atoms with Gasteiger partial charge in [-0.25, -0.2) is 14.4 Å². The number of H-pyrrole nitrogens is 1. The molecular formula is C22H18F3N5O2. The Bertz CT molecular complexity index is 1300. The number of fused-ring (bicyclic) bond motifs is 1. The lowest BCUT2D eigenvalue weighted by Gasteiger charge is -2.36. The number of aliphatic hydroxyl groups is 1. The number of rotatable bonds is 5. The number of ether oxygens (including phenoxy) is 1. The molecule has 0 atom stereocenters. The zero-order chi connectivity index (χ0) is 22.5. The summed E-state index contributed by atoms with van der Waals surface area (Å²) in [5, 5.41) is 20.9. The zero-order valence-corrected chi connectivity index (χ0v) is 16.9. The SMILES string of the molecule is Cc1cc(Nc2nc(C(F)(F)c3ccc(F)cc3)nc3cc(C4(O)COC4)ccc23)n[nH]1. The number of aryl methyl sites for hydroxylation is 1. The maximum atomic E-state index is 15.3. The van der Waals surface area contributed by atoms with Crippen molar-refractivity contribution in [2.45, 2.75) is 18.4 Å². The lowest BCUT2D eigenvalue weighted by atomic mass is 9.91. The minimum absolute atomic E-state index is 0.111. The Morgan fingerprint density at radius 1 is 1.09 bits per heavy atom. The van der Waals surface area contributed by atoms with Gasteiger partial charge >= 0.3 is 5.92 Å². The molecule has 164 valence electrons. The molecule has 0 spiro atoms. The first-order valence-corrected chi connectivity index (χ1v) is 9.80. The Kier molecular flexibility index (Phi) is 4.64. The first-order valence-electron chi connectivity index (χ1n) is 9.80. The average Bonchev–Trinajstić information content (AvgIpc) is 3.16. The van der Waals surface area contributed by atoms with Crippen LogP contribution in [0.15, 0.2) is 48.5 Å². The number of nitrogens with one attached hydrogen (secondary N) is 2. The van der Waals surface area contributed by atoms with Gasteiger partial charge in [-0.15, -0.1) is 0 Å². The summed E-state index contributed by atoms with van der Waals surface area (Å²) < 4.78 is 49.0. The van der Waals surface area contributed by atoms with Crippen LogP contribution in [0.4, 0.5) is 24.8 Å². The van der Waals surface area contributed by atoms with Crippen molar-refractivity contribution in [3.63, 3.8) is 0 Å². The lowest BCUT2D eigenvalue weighted by Crippen LogP contribution is -2.46. The van der Waals surface area contributed by atoms with E-state index in [1.807, 2.05) is 0 Å². The summed E-state index contributed by atoms with van der Waals surface area (Å²) in [5.74, 6) is -4.46. The van der Waals surface area contributed by atoms with E-state index >= 15 is 8.78 Å². The van der Waals surface area contributed by atoms with Crippen LogP contribution in [-0.4, -0.2) is 38.5 Å². The Morgan fingerprint density at radius 3 is 2.47 bits per heavy atom. The van der Waals surface area contributed by atoms with Crippen LogP contribution in [0.2, 0.25) is 0 Å². The van der Waals surface area contributed by atoms with Crippen LogP contribution in [0.5, 0.6) is 0 Å². The summed E-state index contributed by atoms with van der Waals surface area (Å²) >= 11 is 0. The van der Waals surface area contributed by atoms with Crippen LogP contribution in [0.3, 0.4) is 0 Å². The minimum atomic E-state index is -3.59. The number of alkyl halides is 2. The van der Waals surface area contributed by atoms with Gasteiger partial charge in [-0.1, -0.05) is 6.07 Å². The molecule has 1 fully saturated rings. The fourth-order valence-corrected chi connectivity index (χ4v) is 3.51. The van der Waals surface area contributed by atoms with Crippen molar-refractivity contribution < 1.29 is 23.0 Å². The van der Waals surface area contributed by atoms with E-state index in [-0.39, 0.29) is 24.5 Å². The predicted octanol–water partition coefficient (Wildman–Crippen LogP) is 3.90. The Balaban J connectivity index is 1.66. The highest BCUT2D eigenvalue weighted by Gasteiger charge is 2.40. The van der Waals surface area contributed by atoms with Gasteiger partial charge in [0.1, 0.15) is 17.2 Å². The third-order valence-electron chi connectivity index (χ3n) is 5.36. The summed E-state index contributed by atoms with van der Waals surface area (Å²) in [7, 11) is 0. The largest absolute Gasteiger partial charge is 0.380 e. The second-order valence-electron chi connectivity index (χ2n) is 7.79. The van der Waals surface area contributed by atoms with Crippen LogP contribution in [0, 0.1) is 12.7 Å².